The molecule has 0 unspecified atom stereocenters. The maximum atomic E-state index is 13.1. The van der Waals surface area contributed by atoms with Crippen molar-refractivity contribution in [2.24, 2.45) is 13.0 Å². The van der Waals surface area contributed by atoms with Gasteiger partial charge in [-0.05, 0) is 30.2 Å². The minimum atomic E-state index is -4.80. The summed E-state index contributed by atoms with van der Waals surface area (Å²) >= 11 is 0. The summed E-state index contributed by atoms with van der Waals surface area (Å²) in [7, 11) is -0.391. The molecule has 1 saturated carbocycles. The van der Waals surface area contributed by atoms with E-state index in [-0.39, 0.29) is 28.9 Å². The van der Waals surface area contributed by atoms with Crippen molar-refractivity contribution >= 4 is 36.8 Å². The van der Waals surface area contributed by atoms with Crippen LogP contribution in [0.1, 0.15) is 23.2 Å². The Labute approximate surface area is 211 Å². The van der Waals surface area contributed by atoms with E-state index in [2.05, 4.69) is 35.6 Å². The Morgan fingerprint density at radius 1 is 1.27 bits per heavy atom. The standard InChI is InChI=1S/C21H25N8O7P/c1-28(11-36-37(32,33)34)21(31)14-10-22-17(24-20(30)12-7-8-12)9-16(14)23-15-6-4-5-13(18(15)35-3)19-25-27-29(2)26-19/h4-6,9-10,12H,7-8,11H2,1-3H3,(H2,32,33,34)(H2,22,23,24,30). The van der Waals surface area contributed by atoms with Crippen molar-refractivity contribution < 1.29 is 33.2 Å². The molecule has 3 aromatic rings. The van der Waals surface area contributed by atoms with Gasteiger partial charge in [-0.1, -0.05) is 6.07 Å². The van der Waals surface area contributed by atoms with Crippen LogP contribution in [0.15, 0.2) is 30.5 Å². The summed E-state index contributed by atoms with van der Waals surface area (Å²) in [5.74, 6) is 0.0305. The number of phosphoric acid groups is 1. The smallest absolute Gasteiger partial charge is 0.471 e. The first kappa shape index (κ1) is 26.2. The molecule has 4 rings (SSSR count). The maximum absolute atomic E-state index is 13.1. The number of phosphoric ester groups is 1. The quantitative estimate of drug-likeness (QED) is 0.217. The average molecular weight is 532 g/mol. The van der Waals surface area contributed by atoms with Crippen LogP contribution in [0.25, 0.3) is 11.4 Å². The van der Waals surface area contributed by atoms with Gasteiger partial charge in [0, 0.05) is 25.2 Å². The van der Waals surface area contributed by atoms with Gasteiger partial charge in [-0.25, -0.2) is 9.55 Å². The number of pyridine rings is 1. The van der Waals surface area contributed by atoms with Gasteiger partial charge in [0.05, 0.1) is 36.7 Å². The highest BCUT2D eigenvalue weighted by atomic mass is 31.2. The summed E-state index contributed by atoms with van der Waals surface area (Å²) < 4.78 is 21.1. The Morgan fingerprint density at radius 3 is 2.65 bits per heavy atom. The molecule has 2 aromatic heterocycles. The van der Waals surface area contributed by atoms with Crippen molar-refractivity contribution in [3.63, 3.8) is 0 Å². The number of carbonyl (C=O) groups is 2. The molecule has 4 N–H and O–H groups in total. The van der Waals surface area contributed by atoms with Crippen LogP contribution in [-0.2, 0) is 20.9 Å². The molecule has 16 heteroatoms. The van der Waals surface area contributed by atoms with Gasteiger partial charge in [0.1, 0.15) is 12.5 Å². The second-order valence-electron chi connectivity index (χ2n) is 8.24. The van der Waals surface area contributed by atoms with E-state index in [9.17, 15) is 14.2 Å². The van der Waals surface area contributed by atoms with Crippen LogP contribution in [0.3, 0.4) is 0 Å². The molecule has 196 valence electrons. The monoisotopic (exact) mass is 532 g/mol. The number of amides is 2. The Balaban J connectivity index is 1.69. The van der Waals surface area contributed by atoms with Gasteiger partial charge in [0.2, 0.25) is 11.7 Å². The number of ether oxygens (including phenoxy) is 1. The Kier molecular flexibility index (Phi) is 7.50. The highest BCUT2D eigenvalue weighted by molar-refractivity contribution is 7.46. The van der Waals surface area contributed by atoms with Crippen LogP contribution < -0.4 is 15.4 Å². The first-order valence-electron chi connectivity index (χ1n) is 11.0. The number of para-hydroxylation sites is 1. The van der Waals surface area contributed by atoms with Crippen molar-refractivity contribution in [2.45, 2.75) is 12.8 Å². The molecular weight excluding hydrogens is 507 g/mol. The third-order valence-electron chi connectivity index (χ3n) is 5.34. The molecule has 1 aromatic carbocycles. The van der Waals surface area contributed by atoms with Crippen LogP contribution in [0.4, 0.5) is 17.2 Å². The number of rotatable bonds is 10. The van der Waals surface area contributed by atoms with E-state index in [1.165, 1.54) is 31.2 Å². The molecule has 1 aliphatic rings. The van der Waals surface area contributed by atoms with Gasteiger partial charge in [-0.2, -0.15) is 4.80 Å². The van der Waals surface area contributed by atoms with E-state index >= 15 is 0 Å². The SMILES string of the molecule is COc1c(Nc2cc(NC(=O)C3CC3)ncc2C(=O)N(C)COP(=O)(O)O)cccc1-c1nnn(C)n1. The lowest BCUT2D eigenvalue weighted by molar-refractivity contribution is -0.117. The van der Waals surface area contributed by atoms with Crippen molar-refractivity contribution in [1.29, 1.82) is 0 Å². The van der Waals surface area contributed by atoms with Gasteiger partial charge in [0.25, 0.3) is 5.91 Å². The maximum Gasteiger partial charge on any atom is 0.471 e. The van der Waals surface area contributed by atoms with E-state index in [1.54, 1.807) is 25.2 Å². The number of hydrogen-bond donors (Lipinski definition) is 4. The van der Waals surface area contributed by atoms with E-state index in [0.29, 0.717) is 22.8 Å². The van der Waals surface area contributed by atoms with Crippen LogP contribution in [0.5, 0.6) is 5.75 Å². The summed E-state index contributed by atoms with van der Waals surface area (Å²) in [6.45, 7) is -0.667. The van der Waals surface area contributed by atoms with E-state index < -0.39 is 20.5 Å². The second kappa shape index (κ2) is 10.6. The average Bonchev–Trinajstić information content (AvgIpc) is 3.62. The Morgan fingerprint density at radius 2 is 2.03 bits per heavy atom. The molecular formula is C21H25N8O7P. The Hall–Kier alpha value is -3.91. The lowest BCUT2D eigenvalue weighted by atomic mass is 10.1. The van der Waals surface area contributed by atoms with Gasteiger partial charge >= 0.3 is 7.82 Å². The van der Waals surface area contributed by atoms with Crippen molar-refractivity contribution in [3.05, 3.63) is 36.0 Å². The molecule has 0 aliphatic heterocycles. The number of methoxy groups -OCH3 is 1. The first-order valence-corrected chi connectivity index (χ1v) is 12.5. The highest BCUT2D eigenvalue weighted by Gasteiger charge is 2.30. The van der Waals surface area contributed by atoms with E-state index in [0.717, 1.165) is 17.7 Å². The highest BCUT2D eigenvalue weighted by Crippen LogP contribution is 2.38. The van der Waals surface area contributed by atoms with Crippen molar-refractivity contribution in [3.8, 4) is 17.1 Å². The number of nitrogens with one attached hydrogen (secondary N) is 2. The third-order valence-corrected chi connectivity index (χ3v) is 5.79. The molecule has 2 amide bonds. The molecule has 0 spiro atoms. The lowest BCUT2D eigenvalue weighted by Crippen LogP contribution is -2.29. The second-order valence-corrected chi connectivity index (χ2v) is 9.48. The number of aryl methyl sites for hydroxylation is 1. The molecule has 0 bridgehead atoms. The Bertz CT molecular complexity index is 1370. The predicted molar refractivity (Wildman–Crippen MR) is 130 cm³/mol. The summed E-state index contributed by atoms with van der Waals surface area (Å²) in [5.41, 5.74) is 1.28. The van der Waals surface area contributed by atoms with E-state index in [1.807, 2.05) is 0 Å². The summed E-state index contributed by atoms with van der Waals surface area (Å²) in [4.78, 5) is 49.8. The van der Waals surface area contributed by atoms with Gasteiger partial charge < -0.3 is 30.1 Å². The normalized spacial score (nSPS) is 13.2. The minimum Gasteiger partial charge on any atom is -0.494 e. The van der Waals surface area contributed by atoms with Gasteiger partial charge in [0.15, 0.2) is 5.75 Å². The molecule has 0 radical (unpaired) electrons. The number of carbonyl (C=O) groups excluding carboxylic acids is 2. The number of nitrogens with zero attached hydrogens (tertiary/aromatic N) is 6. The molecule has 15 nitrogen and oxygen atoms in total. The fraction of sp³-hybridized carbons (Fsp3) is 0.333. The number of benzene rings is 1. The zero-order valence-electron chi connectivity index (χ0n) is 20.2. The third kappa shape index (κ3) is 6.46. The number of aromatic nitrogens is 5. The minimum absolute atomic E-state index is 0.0475. The fourth-order valence-corrected chi connectivity index (χ4v) is 3.69. The molecule has 0 atom stereocenters. The van der Waals surface area contributed by atoms with Crippen molar-refractivity contribution in [1.82, 2.24) is 30.1 Å². The van der Waals surface area contributed by atoms with Gasteiger partial charge in [-0.3, -0.25) is 14.1 Å². The predicted octanol–water partition coefficient (Wildman–Crippen LogP) is 1.51. The topological polar surface area (TPSA) is 194 Å². The molecule has 37 heavy (non-hydrogen) atoms. The summed E-state index contributed by atoms with van der Waals surface area (Å²) in [6.07, 6.45) is 2.86. The first-order chi connectivity index (χ1) is 17.6. The lowest BCUT2D eigenvalue weighted by Gasteiger charge is -2.21. The molecule has 1 aliphatic carbocycles. The summed E-state index contributed by atoms with van der Waals surface area (Å²) in [6, 6.07) is 6.66. The fourth-order valence-electron chi connectivity index (χ4n) is 3.37. The van der Waals surface area contributed by atoms with Crippen LogP contribution in [0.2, 0.25) is 0 Å². The van der Waals surface area contributed by atoms with Crippen LogP contribution in [0, 0.1) is 5.92 Å². The largest absolute Gasteiger partial charge is 0.494 e. The van der Waals surface area contributed by atoms with Crippen molar-refractivity contribution in [2.75, 3.05) is 31.5 Å². The van der Waals surface area contributed by atoms with Crippen LogP contribution in [-0.4, -0.2) is 72.6 Å². The molecule has 0 saturated heterocycles. The zero-order chi connectivity index (χ0) is 26.7. The van der Waals surface area contributed by atoms with E-state index in [4.69, 9.17) is 14.5 Å². The number of tetrazole rings is 1. The summed E-state index contributed by atoms with van der Waals surface area (Å²) in [5, 5.41) is 17.9. The zero-order valence-corrected chi connectivity index (χ0v) is 21.0. The van der Waals surface area contributed by atoms with Crippen LogP contribution >= 0.6 is 7.82 Å². The number of anilines is 3. The van der Waals surface area contributed by atoms with Gasteiger partial charge in [-0.15, -0.1) is 10.2 Å². The number of hydrogen-bond acceptors (Lipinski definition) is 10. The molecule has 2 heterocycles. The molecule has 1 fully saturated rings.